The largest absolute Gasteiger partial charge is 0.539 e. The summed E-state index contributed by atoms with van der Waals surface area (Å²) in [6.45, 7) is 6.06. The van der Waals surface area contributed by atoms with Crippen molar-refractivity contribution >= 4 is 29.4 Å². The van der Waals surface area contributed by atoms with Gasteiger partial charge >= 0.3 is 6.03 Å². The van der Waals surface area contributed by atoms with E-state index in [9.17, 15) is 9.18 Å². The lowest BCUT2D eigenvalue weighted by Gasteiger charge is -2.31. The van der Waals surface area contributed by atoms with E-state index in [0.29, 0.717) is 24.8 Å². The number of piperidine rings is 1. The molecule has 0 saturated carbocycles. The minimum Gasteiger partial charge on any atom is -0.316 e. The van der Waals surface area contributed by atoms with E-state index >= 15 is 0 Å². The lowest BCUT2D eigenvalue weighted by molar-refractivity contribution is -0.417. The SMILES string of the molecule is CCn1nnc(-c2ccc3c(c2)c(C2CCN(CC[N+]4=CC=NC4=O)CC2)cn3-c2ccc(F)cc2)n1. The molecule has 6 rings (SSSR count). The maximum atomic E-state index is 13.6. The fourth-order valence-corrected chi connectivity index (χ4v) is 5.23. The van der Waals surface area contributed by atoms with Gasteiger partial charge < -0.3 is 4.57 Å². The molecule has 4 heterocycles. The molecule has 2 amide bonds. The fourth-order valence-electron chi connectivity index (χ4n) is 5.23. The summed E-state index contributed by atoms with van der Waals surface area (Å²) in [5, 5.41) is 14.0. The highest BCUT2D eigenvalue weighted by Gasteiger charge is 2.26. The zero-order chi connectivity index (χ0) is 25.4. The van der Waals surface area contributed by atoms with Crippen molar-refractivity contribution < 1.29 is 13.8 Å². The summed E-state index contributed by atoms with van der Waals surface area (Å²) in [7, 11) is 0. The molecule has 10 heteroatoms. The molecule has 2 aliphatic heterocycles. The van der Waals surface area contributed by atoms with Crippen molar-refractivity contribution in [3.05, 3.63) is 60.0 Å². The molecule has 0 bridgehead atoms. The summed E-state index contributed by atoms with van der Waals surface area (Å²) in [6.07, 6.45) is 7.53. The maximum absolute atomic E-state index is 13.6. The van der Waals surface area contributed by atoms with Gasteiger partial charge in [0.05, 0.1) is 12.1 Å². The van der Waals surface area contributed by atoms with Gasteiger partial charge in [0.2, 0.25) is 5.82 Å². The third-order valence-electron chi connectivity index (χ3n) is 7.30. The predicted octanol–water partition coefficient (Wildman–Crippen LogP) is 3.91. The number of aromatic nitrogens is 5. The van der Waals surface area contributed by atoms with Gasteiger partial charge in [-0.2, -0.15) is 14.2 Å². The number of hydrogen-bond donors (Lipinski definition) is 0. The summed E-state index contributed by atoms with van der Waals surface area (Å²) in [4.78, 5) is 19.5. The number of nitrogens with zero attached hydrogens (tertiary/aromatic N) is 8. The molecule has 0 N–H and O–H groups in total. The topological polar surface area (TPSA) is 84.2 Å². The summed E-state index contributed by atoms with van der Waals surface area (Å²) in [5.74, 6) is 0.745. The minimum absolute atomic E-state index is 0.187. The van der Waals surface area contributed by atoms with Crippen molar-refractivity contribution in [2.75, 3.05) is 26.2 Å². The molecule has 4 aromatic rings. The number of likely N-dealkylation sites (tertiary alicyclic amines) is 1. The molecule has 2 aliphatic rings. The number of benzene rings is 2. The Labute approximate surface area is 213 Å². The van der Waals surface area contributed by atoms with E-state index in [4.69, 9.17) is 0 Å². The molecule has 9 nitrogen and oxygen atoms in total. The van der Waals surface area contributed by atoms with Crippen LogP contribution in [-0.4, -0.2) is 78.9 Å². The molecular weight excluding hydrogens is 471 g/mol. The van der Waals surface area contributed by atoms with Crippen LogP contribution in [0, 0.1) is 5.82 Å². The third-order valence-corrected chi connectivity index (χ3v) is 7.30. The highest BCUT2D eigenvalue weighted by Crippen LogP contribution is 2.37. The molecule has 0 spiro atoms. The highest BCUT2D eigenvalue weighted by molar-refractivity contribution is 6.20. The number of carbonyl (C=O) groups is 1. The van der Waals surface area contributed by atoms with Crippen molar-refractivity contribution in [1.29, 1.82) is 0 Å². The van der Waals surface area contributed by atoms with Crippen LogP contribution in [0.15, 0.2) is 53.7 Å². The molecule has 0 aliphatic carbocycles. The van der Waals surface area contributed by atoms with E-state index in [0.717, 1.165) is 54.6 Å². The average Bonchev–Trinajstić information content (AvgIpc) is 3.66. The average molecular weight is 500 g/mol. The number of fused-ring (bicyclic) bond motifs is 1. The number of aryl methyl sites for hydroxylation is 1. The smallest absolute Gasteiger partial charge is 0.316 e. The lowest BCUT2D eigenvalue weighted by Crippen LogP contribution is -2.37. The first kappa shape index (κ1) is 23.4. The monoisotopic (exact) mass is 499 g/mol. The first-order valence-electron chi connectivity index (χ1n) is 12.7. The second kappa shape index (κ2) is 9.78. The molecule has 37 heavy (non-hydrogen) atoms. The van der Waals surface area contributed by atoms with Crippen LogP contribution in [0.25, 0.3) is 28.0 Å². The van der Waals surface area contributed by atoms with Gasteiger partial charge in [-0.05, 0) is 97.0 Å². The number of aliphatic imine (C=N–C) groups is 1. The maximum Gasteiger partial charge on any atom is 0.539 e. The van der Waals surface area contributed by atoms with E-state index in [1.165, 1.54) is 17.7 Å². The number of amides is 2. The van der Waals surface area contributed by atoms with E-state index < -0.39 is 0 Å². The quantitative estimate of drug-likeness (QED) is 0.360. The van der Waals surface area contributed by atoms with E-state index in [-0.39, 0.29) is 11.8 Å². The van der Waals surface area contributed by atoms with Crippen LogP contribution in [-0.2, 0) is 6.54 Å². The van der Waals surface area contributed by atoms with Crippen molar-refractivity contribution in [3.63, 3.8) is 0 Å². The summed E-state index contributed by atoms with van der Waals surface area (Å²) in [6, 6.07) is 12.7. The third kappa shape index (κ3) is 4.60. The number of hydrogen-bond acceptors (Lipinski definition) is 5. The number of tetrazole rings is 1. The number of halogens is 1. The molecule has 2 aromatic carbocycles. The summed E-state index contributed by atoms with van der Waals surface area (Å²) in [5.41, 5.74) is 4.20. The van der Waals surface area contributed by atoms with E-state index in [1.54, 1.807) is 21.8 Å². The van der Waals surface area contributed by atoms with Gasteiger partial charge in [-0.1, -0.05) is 0 Å². The van der Waals surface area contributed by atoms with Gasteiger partial charge in [-0.15, -0.1) is 10.2 Å². The molecule has 188 valence electrons. The van der Waals surface area contributed by atoms with Gasteiger partial charge in [-0.3, -0.25) is 4.90 Å². The fraction of sp³-hybridized carbons (Fsp3) is 0.333. The Morgan fingerprint density at radius 2 is 1.92 bits per heavy atom. The van der Waals surface area contributed by atoms with E-state index in [1.807, 2.05) is 25.1 Å². The molecule has 1 saturated heterocycles. The van der Waals surface area contributed by atoms with Crippen molar-refractivity contribution in [1.82, 2.24) is 29.7 Å². The molecule has 1 fully saturated rings. The van der Waals surface area contributed by atoms with Crippen molar-refractivity contribution in [2.24, 2.45) is 4.99 Å². The van der Waals surface area contributed by atoms with Crippen molar-refractivity contribution in [3.8, 4) is 17.1 Å². The van der Waals surface area contributed by atoms with Crippen LogP contribution in [0.2, 0.25) is 0 Å². The predicted molar refractivity (Wildman–Crippen MR) is 139 cm³/mol. The number of carbonyl (C=O) groups excluding carboxylic acids is 1. The van der Waals surface area contributed by atoms with Gasteiger partial charge in [0.1, 0.15) is 18.6 Å². The van der Waals surface area contributed by atoms with Crippen LogP contribution >= 0.6 is 0 Å². The van der Waals surface area contributed by atoms with Crippen LogP contribution in [0.5, 0.6) is 0 Å². The molecule has 0 atom stereocenters. The summed E-state index contributed by atoms with van der Waals surface area (Å²) < 4.78 is 17.4. The number of urea groups is 1. The van der Waals surface area contributed by atoms with Gasteiger partial charge in [0.15, 0.2) is 6.21 Å². The Kier molecular flexibility index (Phi) is 6.17. The molecular formula is C27H28FN8O+. The van der Waals surface area contributed by atoms with Crippen LogP contribution in [0.1, 0.15) is 31.2 Å². The standard InChI is InChI=1S/C27H28FN8O/c1-2-36-31-26(30-32-36)20-3-8-25-23(17-20)24(18-35(25)22-6-4-21(28)5-7-22)19-9-12-33(13-10-19)15-16-34-14-11-29-27(34)37/h3-8,11,14,17-19H,2,9-10,12-13,15-16H2,1H3/q+1. The Hall–Kier alpha value is -4.05. The molecule has 2 aromatic heterocycles. The first-order chi connectivity index (χ1) is 18.1. The molecule has 0 radical (unpaired) electrons. The van der Waals surface area contributed by atoms with Gasteiger partial charge in [-0.25, -0.2) is 4.39 Å². The Balaban J connectivity index is 1.29. The van der Waals surface area contributed by atoms with Crippen LogP contribution in [0.4, 0.5) is 9.18 Å². The van der Waals surface area contributed by atoms with Crippen LogP contribution in [0.3, 0.4) is 0 Å². The first-order valence-corrected chi connectivity index (χ1v) is 12.7. The normalized spacial score (nSPS) is 16.7. The Morgan fingerprint density at radius 3 is 2.62 bits per heavy atom. The van der Waals surface area contributed by atoms with E-state index in [2.05, 4.69) is 48.2 Å². The van der Waals surface area contributed by atoms with Crippen LogP contribution < -0.4 is 0 Å². The Bertz CT molecular complexity index is 1510. The zero-order valence-corrected chi connectivity index (χ0v) is 20.7. The Morgan fingerprint density at radius 1 is 1.11 bits per heavy atom. The van der Waals surface area contributed by atoms with Crippen molar-refractivity contribution in [2.45, 2.75) is 32.2 Å². The number of rotatable bonds is 7. The second-order valence-corrected chi connectivity index (χ2v) is 9.48. The zero-order valence-electron chi connectivity index (χ0n) is 20.7. The summed E-state index contributed by atoms with van der Waals surface area (Å²) >= 11 is 0. The second-order valence-electron chi connectivity index (χ2n) is 9.48. The minimum atomic E-state index is -0.250. The van der Waals surface area contributed by atoms with Gasteiger partial charge in [0, 0.05) is 29.4 Å². The van der Waals surface area contributed by atoms with Gasteiger partial charge in [0.25, 0.3) is 0 Å². The highest BCUT2D eigenvalue weighted by atomic mass is 19.1. The molecule has 0 unspecified atom stereocenters. The lowest BCUT2D eigenvalue weighted by atomic mass is 9.89.